The molecule has 2 heterocycles. The molecule has 0 saturated heterocycles. The number of benzene rings is 1. The summed E-state index contributed by atoms with van der Waals surface area (Å²) in [6.07, 6.45) is 1.50. The van der Waals surface area contributed by atoms with Crippen LogP contribution in [0.2, 0.25) is 5.02 Å². The van der Waals surface area contributed by atoms with E-state index in [4.69, 9.17) is 11.6 Å². The second-order valence-electron chi connectivity index (χ2n) is 4.56. The van der Waals surface area contributed by atoms with Gasteiger partial charge in [-0.2, -0.15) is 0 Å². The van der Waals surface area contributed by atoms with Gasteiger partial charge in [0.1, 0.15) is 5.82 Å². The maximum Gasteiger partial charge on any atom is 0.238 e. The number of hydrogen-bond donors (Lipinski definition) is 1. The normalized spacial score (nSPS) is 12.3. The van der Waals surface area contributed by atoms with E-state index in [2.05, 4.69) is 15.3 Å². The van der Waals surface area contributed by atoms with Crippen molar-refractivity contribution in [2.24, 2.45) is 0 Å². The Bertz CT molecular complexity index is 771. The molecule has 1 aromatic carbocycles. The van der Waals surface area contributed by atoms with Crippen LogP contribution in [0.25, 0.3) is 10.2 Å². The molecule has 1 amide bonds. The highest BCUT2D eigenvalue weighted by Gasteiger charge is 2.17. The van der Waals surface area contributed by atoms with E-state index < -0.39 is 0 Å². The third-order valence-corrected chi connectivity index (χ3v) is 5.35. The number of thiazole rings is 1. The van der Waals surface area contributed by atoms with Crippen molar-refractivity contribution >= 4 is 56.6 Å². The molecule has 1 N–H and O–H groups in total. The highest BCUT2D eigenvalue weighted by Crippen LogP contribution is 2.32. The van der Waals surface area contributed by atoms with Gasteiger partial charge in [0, 0.05) is 6.20 Å². The molecule has 3 aromatic rings. The Balaban J connectivity index is 1.66. The van der Waals surface area contributed by atoms with Crippen LogP contribution in [0.15, 0.2) is 46.9 Å². The summed E-state index contributed by atoms with van der Waals surface area (Å²) in [5, 5.41) is 3.04. The Hall–Kier alpha value is -1.63. The number of para-hydroxylation sites is 1. The molecule has 1 unspecified atom stereocenters. The quantitative estimate of drug-likeness (QED) is 0.706. The number of anilines is 1. The molecular weight excluding hydrogens is 338 g/mol. The van der Waals surface area contributed by atoms with Gasteiger partial charge in [-0.05, 0) is 31.2 Å². The molecule has 1 atom stereocenters. The van der Waals surface area contributed by atoms with Crippen molar-refractivity contribution in [2.45, 2.75) is 16.5 Å². The standard InChI is InChI=1S/C15H12ClN3OS2/c1-9(14(20)19-13-7-6-10(16)8-17-13)21-15-18-11-4-2-3-5-12(11)22-15/h2-9H,1H3,(H,17,19,20). The van der Waals surface area contributed by atoms with Crippen LogP contribution in [-0.4, -0.2) is 21.1 Å². The summed E-state index contributed by atoms with van der Waals surface area (Å²) >= 11 is 8.80. The van der Waals surface area contributed by atoms with Crippen molar-refractivity contribution in [3.8, 4) is 0 Å². The Labute approximate surface area is 140 Å². The van der Waals surface area contributed by atoms with Crippen molar-refractivity contribution < 1.29 is 4.79 Å². The fraction of sp³-hybridized carbons (Fsp3) is 0.133. The maximum absolute atomic E-state index is 12.2. The van der Waals surface area contributed by atoms with E-state index in [1.165, 1.54) is 18.0 Å². The minimum atomic E-state index is -0.266. The Morgan fingerprint density at radius 1 is 1.32 bits per heavy atom. The van der Waals surface area contributed by atoms with Crippen LogP contribution in [0.4, 0.5) is 5.82 Å². The molecule has 0 aliphatic rings. The summed E-state index contributed by atoms with van der Waals surface area (Å²) in [6.45, 7) is 1.85. The van der Waals surface area contributed by atoms with E-state index in [0.717, 1.165) is 14.6 Å². The van der Waals surface area contributed by atoms with E-state index in [9.17, 15) is 4.79 Å². The molecule has 0 aliphatic carbocycles. The first kappa shape index (κ1) is 15.3. The van der Waals surface area contributed by atoms with Crippen LogP contribution in [0.1, 0.15) is 6.92 Å². The van der Waals surface area contributed by atoms with E-state index in [0.29, 0.717) is 10.8 Å². The van der Waals surface area contributed by atoms with Gasteiger partial charge in [-0.3, -0.25) is 4.79 Å². The average molecular weight is 350 g/mol. The first-order valence-corrected chi connectivity index (χ1v) is 8.64. The summed E-state index contributed by atoms with van der Waals surface area (Å²) in [7, 11) is 0. The lowest BCUT2D eigenvalue weighted by atomic mass is 10.3. The fourth-order valence-electron chi connectivity index (χ4n) is 1.78. The van der Waals surface area contributed by atoms with Crippen molar-refractivity contribution in [1.82, 2.24) is 9.97 Å². The molecule has 0 spiro atoms. The van der Waals surface area contributed by atoms with E-state index in [1.54, 1.807) is 23.5 Å². The molecular formula is C15H12ClN3OS2. The van der Waals surface area contributed by atoms with Crippen LogP contribution in [0, 0.1) is 0 Å². The van der Waals surface area contributed by atoms with Crippen LogP contribution < -0.4 is 5.32 Å². The molecule has 3 rings (SSSR count). The molecule has 0 aliphatic heterocycles. The first-order chi connectivity index (χ1) is 10.6. The van der Waals surface area contributed by atoms with E-state index in [1.807, 2.05) is 31.2 Å². The maximum atomic E-state index is 12.2. The first-order valence-electron chi connectivity index (χ1n) is 6.56. The summed E-state index contributed by atoms with van der Waals surface area (Å²) in [4.78, 5) is 20.8. The number of halogens is 1. The minimum absolute atomic E-state index is 0.112. The topological polar surface area (TPSA) is 54.9 Å². The number of pyridine rings is 1. The van der Waals surface area contributed by atoms with Crippen molar-refractivity contribution in [3.63, 3.8) is 0 Å². The van der Waals surface area contributed by atoms with Crippen molar-refractivity contribution in [3.05, 3.63) is 47.6 Å². The number of nitrogens with one attached hydrogen (secondary N) is 1. The number of aromatic nitrogens is 2. The van der Waals surface area contributed by atoms with Gasteiger partial charge in [-0.1, -0.05) is 35.5 Å². The second kappa shape index (κ2) is 6.64. The zero-order valence-electron chi connectivity index (χ0n) is 11.6. The average Bonchev–Trinajstić information content (AvgIpc) is 2.91. The molecule has 0 fully saturated rings. The summed E-state index contributed by atoms with van der Waals surface area (Å²) < 4.78 is 2.00. The number of carbonyl (C=O) groups excluding carboxylic acids is 1. The number of amides is 1. The van der Waals surface area contributed by atoms with Crippen LogP contribution in [0.3, 0.4) is 0 Å². The number of thioether (sulfide) groups is 1. The Morgan fingerprint density at radius 2 is 2.14 bits per heavy atom. The molecule has 0 bridgehead atoms. The van der Waals surface area contributed by atoms with Gasteiger partial charge >= 0.3 is 0 Å². The Kier molecular flexibility index (Phi) is 4.61. The van der Waals surface area contributed by atoms with Crippen molar-refractivity contribution in [1.29, 1.82) is 0 Å². The highest BCUT2D eigenvalue weighted by atomic mass is 35.5. The molecule has 22 heavy (non-hydrogen) atoms. The van der Waals surface area contributed by atoms with Gasteiger partial charge in [-0.15, -0.1) is 11.3 Å². The van der Waals surface area contributed by atoms with Gasteiger partial charge in [0.15, 0.2) is 4.34 Å². The van der Waals surface area contributed by atoms with Crippen LogP contribution in [-0.2, 0) is 4.79 Å². The zero-order chi connectivity index (χ0) is 15.5. The zero-order valence-corrected chi connectivity index (χ0v) is 14.0. The molecule has 4 nitrogen and oxygen atoms in total. The Morgan fingerprint density at radius 3 is 2.86 bits per heavy atom. The number of nitrogens with zero attached hydrogens (tertiary/aromatic N) is 2. The number of rotatable bonds is 4. The molecule has 7 heteroatoms. The predicted molar refractivity (Wildman–Crippen MR) is 92.8 cm³/mol. The molecule has 0 saturated carbocycles. The van der Waals surface area contributed by atoms with Crippen LogP contribution in [0.5, 0.6) is 0 Å². The van der Waals surface area contributed by atoms with E-state index >= 15 is 0 Å². The smallest absolute Gasteiger partial charge is 0.238 e. The lowest BCUT2D eigenvalue weighted by molar-refractivity contribution is -0.115. The van der Waals surface area contributed by atoms with Crippen molar-refractivity contribution in [2.75, 3.05) is 5.32 Å². The van der Waals surface area contributed by atoms with Gasteiger partial charge in [0.2, 0.25) is 5.91 Å². The molecule has 2 aromatic heterocycles. The number of fused-ring (bicyclic) bond motifs is 1. The number of carbonyl (C=O) groups is 1. The third-order valence-electron chi connectivity index (χ3n) is 2.90. The highest BCUT2D eigenvalue weighted by molar-refractivity contribution is 8.02. The van der Waals surface area contributed by atoms with Gasteiger partial charge in [-0.25, -0.2) is 9.97 Å². The largest absolute Gasteiger partial charge is 0.310 e. The summed E-state index contributed by atoms with van der Waals surface area (Å²) in [6, 6.07) is 11.3. The third kappa shape index (κ3) is 3.58. The van der Waals surface area contributed by atoms with Gasteiger partial charge < -0.3 is 5.32 Å². The molecule has 0 radical (unpaired) electrons. The minimum Gasteiger partial charge on any atom is -0.310 e. The summed E-state index contributed by atoms with van der Waals surface area (Å²) in [5.74, 6) is 0.380. The van der Waals surface area contributed by atoms with E-state index in [-0.39, 0.29) is 11.2 Å². The lowest BCUT2D eigenvalue weighted by Gasteiger charge is -2.09. The van der Waals surface area contributed by atoms with Crippen LogP contribution >= 0.6 is 34.7 Å². The fourth-order valence-corrected chi connectivity index (χ4v) is 4.11. The SMILES string of the molecule is CC(Sc1nc2ccccc2s1)C(=O)Nc1ccc(Cl)cn1. The van der Waals surface area contributed by atoms with Gasteiger partial charge in [0.25, 0.3) is 0 Å². The summed E-state index contributed by atoms with van der Waals surface area (Å²) in [5.41, 5.74) is 0.960. The number of hydrogen-bond acceptors (Lipinski definition) is 5. The second-order valence-corrected chi connectivity index (χ2v) is 7.61. The lowest BCUT2D eigenvalue weighted by Crippen LogP contribution is -2.22. The van der Waals surface area contributed by atoms with Gasteiger partial charge in [0.05, 0.1) is 20.5 Å². The molecule has 112 valence electrons. The predicted octanol–water partition coefficient (Wildman–Crippen LogP) is 4.46. The monoisotopic (exact) mass is 349 g/mol.